The topological polar surface area (TPSA) is 19.6 Å². The van der Waals surface area contributed by atoms with E-state index in [0.29, 0.717) is 0 Å². The number of hydrogen-bond acceptors (Lipinski definition) is 3. The Balaban J connectivity index is 1.24. The number of rotatable bonds is 3. The fraction of sp³-hybridized carbons (Fsp3) is 0. The van der Waals surface area contributed by atoms with Crippen molar-refractivity contribution >= 4 is 101 Å². The van der Waals surface area contributed by atoms with Crippen molar-refractivity contribution in [1.82, 2.24) is 0 Å². The summed E-state index contributed by atoms with van der Waals surface area (Å²) in [5.41, 5.74) is 15.1. The van der Waals surface area contributed by atoms with Crippen molar-refractivity contribution in [1.29, 1.82) is 0 Å². The zero-order valence-electron chi connectivity index (χ0n) is 29.3. The first-order valence-electron chi connectivity index (χ1n) is 18.6. The van der Waals surface area contributed by atoms with E-state index >= 15 is 0 Å². The Labute approximate surface area is 313 Å². The lowest BCUT2D eigenvalue weighted by Crippen LogP contribution is -2.61. The van der Waals surface area contributed by atoms with Gasteiger partial charge in [-0.1, -0.05) is 133 Å². The van der Waals surface area contributed by atoms with E-state index in [4.69, 9.17) is 4.42 Å². The minimum atomic E-state index is 0.0149. The van der Waals surface area contributed by atoms with Gasteiger partial charge in [-0.3, -0.25) is 0 Å². The highest BCUT2D eigenvalue weighted by atomic mass is 16.3. The van der Waals surface area contributed by atoms with Crippen molar-refractivity contribution < 1.29 is 4.42 Å². The molecule has 0 N–H and O–H groups in total. The minimum absolute atomic E-state index is 0.0149. The van der Waals surface area contributed by atoms with Gasteiger partial charge in [0.15, 0.2) is 0 Å². The summed E-state index contributed by atoms with van der Waals surface area (Å²) in [5.74, 6) is 0. The maximum Gasteiger partial charge on any atom is 0.252 e. The predicted octanol–water partition coefficient (Wildman–Crippen LogP) is 11.6. The molecule has 4 heteroatoms. The fourth-order valence-corrected chi connectivity index (χ4v) is 9.28. The largest absolute Gasteiger partial charge is 0.456 e. The first-order chi connectivity index (χ1) is 26.8. The first kappa shape index (κ1) is 29.5. The summed E-state index contributed by atoms with van der Waals surface area (Å²) >= 11 is 0. The number of para-hydroxylation sites is 3. The maximum absolute atomic E-state index is 6.46. The van der Waals surface area contributed by atoms with Gasteiger partial charge in [-0.2, -0.15) is 0 Å². The average Bonchev–Trinajstić information content (AvgIpc) is 3.62. The maximum atomic E-state index is 6.46. The zero-order valence-corrected chi connectivity index (χ0v) is 29.3. The Hall–Kier alpha value is -7.04. The normalized spacial score (nSPS) is 13.1. The molecule has 3 heterocycles. The third kappa shape index (κ3) is 4.14. The second-order valence-corrected chi connectivity index (χ2v) is 14.5. The predicted molar refractivity (Wildman–Crippen MR) is 228 cm³/mol. The van der Waals surface area contributed by atoms with E-state index in [9.17, 15) is 0 Å². The molecule has 0 spiro atoms. The molecular weight excluding hydrogens is 655 g/mol. The second kappa shape index (κ2) is 11.2. The molecule has 0 atom stereocenters. The molecule has 3 nitrogen and oxygen atoms in total. The SMILES string of the molecule is c1ccc(N2c3cc(-c4ccc5c(c4)oc4ccccc45)cc4c3B(c3ccc5ccccc5c32)c2ccc3ccccc3c2N4c2ccccc2)cc1. The van der Waals surface area contributed by atoms with Crippen molar-refractivity contribution in [2.24, 2.45) is 0 Å². The monoisotopic (exact) mass is 686 g/mol. The first-order valence-corrected chi connectivity index (χ1v) is 18.6. The molecule has 0 bridgehead atoms. The van der Waals surface area contributed by atoms with E-state index in [-0.39, 0.29) is 6.71 Å². The van der Waals surface area contributed by atoms with Crippen LogP contribution in [0.2, 0.25) is 0 Å². The van der Waals surface area contributed by atoms with Crippen LogP contribution in [0, 0.1) is 0 Å². The molecular formula is C50H31BN2O. The second-order valence-electron chi connectivity index (χ2n) is 14.5. The van der Waals surface area contributed by atoms with Crippen molar-refractivity contribution in [2.75, 3.05) is 9.80 Å². The molecule has 0 aliphatic carbocycles. The zero-order chi connectivity index (χ0) is 35.3. The lowest BCUT2D eigenvalue weighted by Gasteiger charge is -2.45. The molecule has 0 unspecified atom stereocenters. The summed E-state index contributed by atoms with van der Waals surface area (Å²) in [6, 6.07) is 68.7. The molecule has 0 saturated carbocycles. The average molecular weight is 687 g/mol. The quantitative estimate of drug-likeness (QED) is 0.173. The van der Waals surface area contributed by atoms with Crippen LogP contribution in [0.25, 0.3) is 54.6 Å². The summed E-state index contributed by atoms with van der Waals surface area (Å²) < 4.78 is 6.46. The van der Waals surface area contributed by atoms with Crippen molar-refractivity contribution in [3.63, 3.8) is 0 Å². The van der Waals surface area contributed by atoms with Crippen LogP contribution in [0.15, 0.2) is 192 Å². The van der Waals surface area contributed by atoms with Gasteiger partial charge in [0, 0.05) is 55.7 Å². The summed E-state index contributed by atoms with van der Waals surface area (Å²) in [6.07, 6.45) is 0. The number of furan rings is 1. The van der Waals surface area contributed by atoms with Crippen molar-refractivity contribution in [3.05, 3.63) is 188 Å². The van der Waals surface area contributed by atoms with Gasteiger partial charge >= 0.3 is 0 Å². The molecule has 10 aromatic rings. The van der Waals surface area contributed by atoms with Crippen LogP contribution >= 0.6 is 0 Å². The third-order valence-corrected chi connectivity index (χ3v) is 11.6. The third-order valence-electron chi connectivity index (χ3n) is 11.6. The molecule has 12 rings (SSSR count). The lowest BCUT2D eigenvalue weighted by molar-refractivity contribution is 0.669. The molecule has 250 valence electrons. The number of nitrogens with zero attached hydrogens (tertiary/aromatic N) is 2. The number of fused-ring (bicyclic) bond motifs is 11. The molecule has 1 aromatic heterocycles. The highest BCUT2D eigenvalue weighted by Crippen LogP contribution is 2.49. The van der Waals surface area contributed by atoms with Gasteiger partial charge in [0.25, 0.3) is 6.71 Å². The van der Waals surface area contributed by atoms with E-state index in [2.05, 4.69) is 192 Å². The molecule has 0 fully saturated rings. The van der Waals surface area contributed by atoms with Gasteiger partial charge in [-0.05, 0) is 92.9 Å². The van der Waals surface area contributed by atoms with Gasteiger partial charge in [-0.15, -0.1) is 0 Å². The Morgan fingerprint density at radius 3 is 1.46 bits per heavy atom. The van der Waals surface area contributed by atoms with Crippen LogP contribution in [0.5, 0.6) is 0 Å². The van der Waals surface area contributed by atoms with Gasteiger partial charge in [0.1, 0.15) is 11.2 Å². The Bertz CT molecular complexity index is 2980. The summed E-state index contributed by atoms with van der Waals surface area (Å²) in [6.45, 7) is 0.0149. The van der Waals surface area contributed by atoms with E-state index in [1.54, 1.807) is 0 Å². The summed E-state index contributed by atoms with van der Waals surface area (Å²) in [7, 11) is 0. The molecule has 9 aromatic carbocycles. The van der Waals surface area contributed by atoms with Gasteiger partial charge < -0.3 is 14.2 Å². The summed E-state index contributed by atoms with van der Waals surface area (Å²) in [4.78, 5) is 5.04. The molecule has 0 radical (unpaired) electrons. The van der Waals surface area contributed by atoms with E-state index in [1.165, 1.54) is 60.7 Å². The van der Waals surface area contributed by atoms with Crippen LogP contribution in [0.1, 0.15) is 0 Å². The number of hydrogen-bond donors (Lipinski definition) is 0. The van der Waals surface area contributed by atoms with Crippen LogP contribution in [-0.4, -0.2) is 6.71 Å². The Kier molecular flexibility index (Phi) is 6.14. The van der Waals surface area contributed by atoms with Gasteiger partial charge in [-0.25, -0.2) is 0 Å². The van der Waals surface area contributed by atoms with Crippen LogP contribution in [0.4, 0.5) is 34.1 Å². The Morgan fingerprint density at radius 2 is 0.870 bits per heavy atom. The number of benzene rings is 9. The van der Waals surface area contributed by atoms with Crippen LogP contribution < -0.4 is 26.2 Å². The smallest absolute Gasteiger partial charge is 0.252 e. The van der Waals surface area contributed by atoms with E-state index in [1.807, 2.05) is 6.07 Å². The van der Waals surface area contributed by atoms with Crippen LogP contribution in [0.3, 0.4) is 0 Å². The van der Waals surface area contributed by atoms with Gasteiger partial charge in [0.05, 0.1) is 0 Å². The summed E-state index contributed by atoms with van der Waals surface area (Å²) in [5, 5.41) is 7.22. The fourth-order valence-electron chi connectivity index (χ4n) is 9.28. The molecule has 2 aliphatic rings. The lowest BCUT2D eigenvalue weighted by atomic mass is 9.33. The van der Waals surface area contributed by atoms with Crippen LogP contribution in [-0.2, 0) is 0 Å². The minimum Gasteiger partial charge on any atom is -0.456 e. The molecule has 2 aliphatic heterocycles. The van der Waals surface area contributed by atoms with E-state index < -0.39 is 0 Å². The van der Waals surface area contributed by atoms with Crippen molar-refractivity contribution in [3.8, 4) is 11.1 Å². The standard InChI is InChI=1S/C50H31BN2O/c1-3-15-36(16-4-1)52-44-29-35(34-23-26-41-40-21-11-12-22-46(40)54-47(41)31-34)30-45-48(44)51(42-27-24-32-13-7-9-19-38(32)49(42)52)43-28-25-33-14-8-10-20-39(33)50(43)53(45)37-17-5-2-6-18-37/h1-31H. The number of anilines is 6. The van der Waals surface area contributed by atoms with Crippen molar-refractivity contribution in [2.45, 2.75) is 0 Å². The molecule has 54 heavy (non-hydrogen) atoms. The highest BCUT2D eigenvalue weighted by molar-refractivity contribution is 7.00. The van der Waals surface area contributed by atoms with Gasteiger partial charge in [0.2, 0.25) is 0 Å². The molecule has 0 amide bonds. The highest BCUT2D eigenvalue weighted by Gasteiger charge is 2.44. The Morgan fingerprint density at radius 1 is 0.370 bits per heavy atom. The van der Waals surface area contributed by atoms with E-state index in [0.717, 1.165) is 44.4 Å². The molecule has 0 saturated heterocycles.